The molecule has 2 N–H and O–H groups in total. The van der Waals surface area contributed by atoms with Gasteiger partial charge in [-0.3, -0.25) is 4.79 Å². The molecule has 2 unspecified atom stereocenters. The predicted octanol–water partition coefficient (Wildman–Crippen LogP) is 5.32. The Kier molecular flexibility index (Phi) is 7.54. The second kappa shape index (κ2) is 10.9. The number of urea groups is 1. The van der Waals surface area contributed by atoms with E-state index in [0.717, 1.165) is 22.2 Å². The smallest absolute Gasteiger partial charge is 0.406 e. The molecule has 1 saturated heterocycles. The first-order chi connectivity index (χ1) is 19.4. The van der Waals surface area contributed by atoms with Crippen LogP contribution in [0.4, 0.5) is 18.0 Å². The molecule has 1 fully saturated rings. The zero-order chi connectivity index (χ0) is 29.4. The van der Waals surface area contributed by atoms with Gasteiger partial charge in [0, 0.05) is 42.9 Å². The number of benzene rings is 1. The van der Waals surface area contributed by atoms with Gasteiger partial charge < -0.3 is 20.3 Å². The molecule has 3 amide bonds. The van der Waals surface area contributed by atoms with E-state index in [1.54, 1.807) is 33.8 Å². The molecule has 3 heterocycles. The maximum absolute atomic E-state index is 13.6. The molecular formula is C30H32F3N5O3. The Hall–Kier alpha value is -4.28. The molecule has 1 aliphatic carbocycles. The van der Waals surface area contributed by atoms with Crippen LogP contribution in [-0.2, 0) is 11.3 Å². The fourth-order valence-electron chi connectivity index (χ4n) is 5.41. The Bertz CT molecular complexity index is 1520. The number of fused-ring (bicyclic) bond motifs is 2. The van der Waals surface area contributed by atoms with Crippen molar-refractivity contribution in [3.63, 3.8) is 0 Å². The number of hydrogen-bond acceptors (Lipinski definition) is 4. The number of carbonyl (C=O) groups excluding carboxylic acids is 2. The fourth-order valence-corrected chi connectivity index (χ4v) is 5.41. The Balaban J connectivity index is 1.42. The molecule has 2 aliphatic rings. The van der Waals surface area contributed by atoms with Crippen molar-refractivity contribution in [1.29, 1.82) is 0 Å². The number of ether oxygens (including phenoxy) is 1. The highest BCUT2D eigenvalue weighted by Gasteiger charge is 2.39. The molecule has 2 atom stereocenters. The average Bonchev–Trinajstić information content (AvgIpc) is 3.32. The summed E-state index contributed by atoms with van der Waals surface area (Å²) in [5, 5.41) is 10.3. The second-order valence-electron chi connectivity index (χ2n) is 11.3. The predicted molar refractivity (Wildman–Crippen MR) is 148 cm³/mol. The van der Waals surface area contributed by atoms with Gasteiger partial charge in [-0.25, -0.2) is 9.31 Å². The SMILES string of the molecule is CC(C)(C)NC(=O)N1CCC2=C(c3cccc(OC(F)(F)F)c3)C=CC(C(=O)NCc3cnn4ccccc34)C2C1. The van der Waals surface area contributed by atoms with E-state index in [4.69, 9.17) is 0 Å². The highest BCUT2D eigenvalue weighted by molar-refractivity contribution is 5.87. The van der Waals surface area contributed by atoms with Crippen molar-refractivity contribution >= 4 is 23.0 Å². The Morgan fingerprint density at radius 1 is 1.12 bits per heavy atom. The molecule has 0 bridgehead atoms. The molecule has 41 heavy (non-hydrogen) atoms. The normalized spacial score (nSPS) is 19.2. The number of rotatable bonds is 5. The Morgan fingerprint density at radius 3 is 2.68 bits per heavy atom. The minimum absolute atomic E-state index is 0.203. The number of pyridine rings is 1. The third kappa shape index (κ3) is 6.55. The van der Waals surface area contributed by atoms with Gasteiger partial charge in [-0.15, -0.1) is 13.2 Å². The number of nitrogens with zero attached hydrogens (tertiary/aromatic N) is 3. The topological polar surface area (TPSA) is 88.0 Å². The van der Waals surface area contributed by atoms with Crippen LogP contribution >= 0.6 is 0 Å². The number of piperidine rings is 1. The summed E-state index contributed by atoms with van der Waals surface area (Å²) >= 11 is 0. The molecular weight excluding hydrogens is 535 g/mol. The molecule has 3 aromatic rings. The summed E-state index contributed by atoms with van der Waals surface area (Å²) in [6.07, 6.45) is 2.78. The zero-order valence-electron chi connectivity index (χ0n) is 23.0. The standard InChI is InChI=1S/C30H32F3N5O3/c1-29(2,3)36-28(40)37-14-12-23-22(19-7-6-8-21(15-19)41-30(31,32)33)10-11-24(25(23)18-37)27(39)34-16-20-17-35-38-13-5-4-9-26(20)38/h4-11,13,15,17,24-25H,12,14,16,18H2,1-3H3,(H,34,39)(H,36,40). The van der Waals surface area contributed by atoms with Crippen molar-refractivity contribution in [3.8, 4) is 5.75 Å². The van der Waals surface area contributed by atoms with Crippen LogP contribution in [0.3, 0.4) is 0 Å². The van der Waals surface area contributed by atoms with Crippen molar-refractivity contribution in [1.82, 2.24) is 25.1 Å². The lowest BCUT2D eigenvalue weighted by atomic mass is 9.73. The summed E-state index contributed by atoms with van der Waals surface area (Å²) in [5.41, 5.74) is 3.54. The number of likely N-dealkylation sites (tertiary alicyclic amines) is 1. The number of carbonyl (C=O) groups is 2. The summed E-state index contributed by atoms with van der Waals surface area (Å²) < 4.78 is 44.5. The Labute approximate surface area is 235 Å². The van der Waals surface area contributed by atoms with E-state index in [2.05, 4.69) is 20.5 Å². The molecule has 0 radical (unpaired) electrons. The number of amides is 3. The monoisotopic (exact) mass is 567 g/mol. The van der Waals surface area contributed by atoms with Gasteiger partial charge in [0.15, 0.2) is 0 Å². The largest absolute Gasteiger partial charge is 0.573 e. The van der Waals surface area contributed by atoms with E-state index in [1.165, 1.54) is 18.2 Å². The molecule has 8 nitrogen and oxygen atoms in total. The molecule has 0 saturated carbocycles. The van der Waals surface area contributed by atoms with E-state index in [0.29, 0.717) is 25.1 Å². The molecule has 0 spiro atoms. The van der Waals surface area contributed by atoms with Crippen LogP contribution in [0.2, 0.25) is 0 Å². The minimum atomic E-state index is -4.81. The summed E-state index contributed by atoms with van der Waals surface area (Å²) in [6, 6.07) is 11.3. The first-order valence-electron chi connectivity index (χ1n) is 13.4. The van der Waals surface area contributed by atoms with E-state index in [1.807, 2.05) is 45.2 Å². The van der Waals surface area contributed by atoms with Crippen molar-refractivity contribution in [3.05, 3.63) is 83.7 Å². The van der Waals surface area contributed by atoms with Gasteiger partial charge in [-0.05, 0) is 62.6 Å². The summed E-state index contributed by atoms with van der Waals surface area (Å²) in [4.78, 5) is 28.3. The van der Waals surface area contributed by atoms with Gasteiger partial charge in [0.25, 0.3) is 0 Å². The van der Waals surface area contributed by atoms with Crippen LogP contribution in [0.1, 0.15) is 38.3 Å². The van der Waals surface area contributed by atoms with Crippen LogP contribution in [0, 0.1) is 11.8 Å². The van der Waals surface area contributed by atoms with Gasteiger partial charge in [-0.1, -0.05) is 35.9 Å². The number of nitrogens with one attached hydrogen (secondary N) is 2. The highest BCUT2D eigenvalue weighted by atomic mass is 19.4. The molecule has 1 aromatic carbocycles. The number of aromatic nitrogens is 2. The van der Waals surface area contributed by atoms with Crippen LogP contribution in [0.15, 0.2) is 72.6 Å². The Morgan fingerprint density at radius 2 is 1.93 bits per heavy atom. The van der Waals surface area contributed by atoms with Crippen molar-refractivity contribution in [2.75, 3.05) is 13.1 Å². The third-order valence-electron chi connectivity index (χ3n) is 7.18. The minimum Gasteiger partial charge on any atom is -0.406 e. The van der Waals surface area contributed by atoms with Crippen LogP contribution in [0.25, 0.3) is 11.1 Å². The first kappa shape index (κ1) is 28.3. The lowest BCUT2D eigenvalue weighted by Crippen LogP contribution is -2.53. The van der Waals surface area contributed by atoms with E-state index < -0.39 is 17.8 Å². The van der Waals surface area contributed by atoms with Crippen molar-refractivity contribution in [2.45, 2.75) is 45.6 Å². The second-order valence-corrected chi connectivity index (χ2v) is 11.3. The van der Waals surface area contributed by atoms with Gasteiger partial charge in [0.2, 0.25) is 5.91 Å². The van der Waals surface area contributed by atoms with Gasteiger partial charge in [-0.2, -0.15) is 5.10 Å². The number of allylic oxidation sites excluding steroid dienone is 2. The molecule has 5 rings (SSSR count). The lowest BCUT2D eigenvalue weighted by Gasteiger charge is -2.41. The van der Waals surface area contributed by atoms with Gasteiger partial charge >= 0.3 is 12.4 Å². The number of alkyl halides is 3. The molecule has 1 aliphatic heterocycles. The van der Waals surface area contributed by atoms with E-state index in [-0.39, 0.29) is 30.2 Å². The molecule has 2 aromatic heterocycles. The quantitative estimate of drug-likeness (QED) is 0.437. The van der Waals surface area contributed by atoms with Crippen molar-refractivity contribution in [2.24, 2.45) is 11.8 Å². The van der Waals surface area contributed by atoms with Crippen molar-refractivity contribution < 1.29 is 27.5 Å². The average molecular weight is 568 g/mol. The zero-order valence-corrected chi connectivity index (χ0v) is 23.0. The fraction of sp³-hybridized carbons (Fsp3) is 0.367. The maximum atomic E-state index is 13.6. The van der Waals surface area contributed by atoms with E-state index >= 15 is 0 Å². The summed E-state index contributed by atoms with van der Waals surface area (Å²) in [7, 11) is 0. The summed E-state index contributed by atoms with van der Waals surface area (Å²) in [5.74, 6) is -1.45. The molecule has 11 heteroatoms. The van der Waals surface area contributed by atoms with E-state index in [9.17, 15) is 22.8 Å². The first-order valence-corrected chi connectivity index (χ1v) is 13.4. The lowest BCUT2D eigenvalue weighted by molar-refractivity contribution is -0.274. The highest BCUT2D eigenvalue weighted by Crippen LogP contribution is 2.41. The molecule has 216 valence electrons. The van der Waals surface area contributed by atoms with Crippen LogP contribution < -0.4 is 15.4 Å². The van der Waals surface area contributed by atoms with Gasteiger partial charge in [0.1, 0.15) is 5.75 Å². The maximum Gasteiger partial charge on any atom is 0.573 e. The number of hydrogen-bond donors (Lipinski definition) is 2. The summed E-state index contributed by atoms with van der Waals surface area (Å²) in [6.45, 7) is 6.68. The van der Waals surface area contributed by atoms with Crippen LogP contribution in [-0.4, -0.2) is 51.4 Å². The van der Waals surface area contributed by atoms with Crippen LogP contribution in [0.5, 0.6) is 5.75 Å². The number of halogens is 3. The third-order valence-corrected chi connectivity index (χ3v) is 7.18. The van der Waals surface area contributed by atoms with Gasteiger partial charge in [0.05, 0.1) is 17.6 Å².